The first kappa shape index (κ1) is 18.0. The van der Waals surface area contributed by atoms with E-state index in [-0.39, 0.29) is 11.9 Å². The second-order valence-electron chi connectivity index (χ2n) is 5.92. The lowest BCUT2D eigenvalue weighted by Crippen LogP contribution is -2.36. The first-order chi connectivity index (χ1) is 12.7. The molecule has 3 aromatic carbocycles. The van der Waals surface area contributed by atoms with Gasteiger partial charge in [0.05, 0.1) is 6.21 Å². The van der Waals surface area contributed by atoms with Gasteiger partial charge in [-0.3, -0.25) is 4.79 Å². The fraction of sp³-hybridized carbons (Fsp3) is 0.143. The summed E-state index contributed by atoms with van der Waals surface area (Å²) < 4.78 is 0. The lowest BCUT2D eigenvalue weighted by Gasteiger charge is -2.18. The molecule has 0 radical (unpaired) electrons. The van der Waals surface area contributed by atoms with Crippen LogP contribution in [0.15, 0.2) is 71.8 Å². The molecule has 0 unspecified atom stereocenters. The Balaban J connectivity index is 1.69. The molecule has 0 aromatic heterocycles. The minimum Gasteiger partial charge on any atom is -0.373 e. The lowest BCUT2D eigenvalue weighted by atomic mass is 10.1. The molecule has 26 heavy (non-hydrogen) atoms. The van der Waals surface area contributed by atoms with Gasteiger partial charge in [-0.25, -0.2) is 5.43 Å². The van der Waals surface area contributed by atoms with Gasteiger partial charge in [0.15, 0.2) is 0 Å². The molecule has 2 N–H and O–H groups in total. The molecule has 3 aromatic rings. The molecule has 1 amide bonds. The number of hydrogen-bond acceptors (Lipinski definition) is 3. The predicted molar refractivity (Wildman–Crippen MR) is 109 cm³/mol. The third-order valence-electron chi connectivity index (χ3n) is 4.08. The number of amides is 1. The summed E-state index contributed by atoms with van der Waals surface area (Å²) in [6.07, 6.45) is 2.22. The number of fused-ring (bicyclic) bond motifs is 1. The zero-order valence-electron chi connectivity index (χ0n) is 14.4. The van der Waals surface area contributed by atoms with Gasteiger partial charge in [-0.05, 0) is 35.6 Å². The molecule has 4 nitrogen and oxygen atoms in total. The molecule has 0 spiro atoms. The number of nitrogens with one attached hydrogen (secondary N) is 2. The molecule has 0 aliphatic heterocycles. The van der Waals surface area contributed by atoms with E-state index in [4.69, 9.17) is 11.6 Å². The van der Waals surface area contributed by atoms with Crippen LogP contribution in [0.4, 0.5) is 5.69 Å². The molecule has 0 bridgehead atoms. The molecule has 3 rings (SSSR count). The van der Waals surface area contributed by atoms with Crippen LogP contribution in [-0.4, -0.2) is 18.2 Å². The highest BCUT2D eigenvalue weighted by Crippen LogP contribution is 2.24. The van der Waals surface area contributed by atoms with E-state index in [9.17, 15) is 4.79 Å². The maximum atomic E-state index is 12.5. The van der Waals surface area contributed by atoms with Gasteiger partial charge in [-0.2, -0.15) is 5.10 Å². The average Bonchev–Trinajstić information content (AvgIpc) is 2.66. The Hall–Kier alpha value is -2.85. The zero-order valence-corrected chi connectivity index (χ0v) is 15.2. The minimum atomic E-state index is -0.377. The average molecular weight is 366 g/mol. The predicted octanol–water partition coefficient (Wildman–Crippen LogP) is 4.83. The van der Waals surface area contributed by atoms with Crippen molar-refractivity contribution < 1.29 is 4.79 Å². The number of benzene rings is 3. The first-order valence-corrected chi connectivity index (χ1v) is 8.88. The Labute approximate surface area is 157 Å². The van der Waals surface area contributed by atoms with Crippen molar-refractivity contribution in [3.8, 4) is 0 Å². The van der Waals surface area contributed by atoms with E-state index in [1.54, 1.807) is 18.3 Å². The molecule has 1 atom stereocenters. The van der Waals surface area contributed by atoms with Crippen molar-refractivity contribution in [2.75, 3.05) is 5.32 Å². The Kier molecular flexibility index (Phi) is 5.87. The standard InChI is InChI=1S/C21H20ClN3O/c1-2-19(21(26)25-23-14-15-7-5-10-17(22)13-15)24-20-12-6-9-16-8-3-4-11-18(16)20/h3-14,19,24H,2H2,1H3,(H,25,26)/b23-14-/t19-/m0/s1. The monoisotopic (exact) mass is 365 g/mol. The third-order valence-corrected chi connectivity index (χ3v) is 4.32. The van der Waals surface area contributed by atoms with Crippen LogP contribution in [0.2, 0.25) is 5.02 Å². The number of rotatable bonds is 6. The molecule has 0 heterocycles. The summed E-state index contributed by atoms with van der Waals surface area (Å²) in [4.78, 5) is 12.5. The van der Waals surface area contributed by atoms with Crippen LogP contribution < -0.4 is 10.7 Å². The summed E-state index contributed by atoms with van der Waals surface area (Å²) in [5.41, 5.74) is 4.36. The maximum absolute atomic E-state index is 12.5. The van der Waals surface area contributed by atoms with E-state index >= 15 is 0 Å². The number of anilines is 1. The first-order valence-electron chi connectivity index (χ1n) is 8.50. The number of hydrazone groups is 1. The van der Waals surface area contributed by atoms with Crippen molar-refractivity contribution in [2.45, 2.75) is 19.4 Å². The van der Waals surface area contributed by atoms with Crippen LogP contribution in [0.25, 0.3) is 10.8 Å². The molecule has 0 saturated heterocycles. The molecular formula is C21H20ClN3O. The fourth-order valence-corrected chi connectivity index (χ4v) is 2.93. The Morgan fingerprint density at radius 2 is 1.88 bits per heavy atom. The molecule has 0 fully saturated rings. The fourth-order valence-electron chi connectivity index (χ4n) is 2.73. The smallest absolute Gasteiger partial charge is 0.262 e. The second kappa shape index (κ2) is 8.50. The van der Waals surface area contributed by atoms with E-state index in [1.165, 1.54) is 0 Å². The summed E-state index contributed by atoms with van der Waals surface area (Å²) in [5.74, 6) is -0.182. The minimum absolute atomic E-state index is 0.182. The molecular weight excluding hydrogens is 346 g/mol. The van der Waals surface area contributed by atoms with Gasteiger partial charge >= 0.3 is 0 Å². The quantitative estimate of drug-likeness (QED) is 0.485. The molecule has 5 heteroatoms. The highest BCUT2D eigenvalue weighted by Gasteiger charge is 2.16. The normalized spacial score (nSPS) is 12.2. The zero-order chi connectivity index (χ0) is 18.4. The van der Waals surface area contributed by atoms with Crippen LogP contribution in [0, 0.1) is 0 Å². The number of nitrogens with zero attached hydrogens (tertiary/aromatic N) is 1. The number of carbonyl (C=O) groups is 1. The van der Waals surface area contributed by atoms with Gasteiger partial charge < -0.3 is 5.32 Å². The van der Waals surface area contributed by atoms with Crippen molar-refractivity contribution >= 4 is 40.2 Å². The molecule has 0 saturated carbocycles. The summed E-state index contributed by atoms with van der Waals surface area (Å²) in [5, 5.41) is 10.2. The maximum Gasteiger partial charge on any atom is 0.262 e. The van der Waals surface area contributed by atoms with Crippen molar-refractivity contribution in [3.63, 3.8) is 0 Å². The van der Waals surface area contributed by atoms with Crippen molar-refractivity contribution in [1.82, 2.24) is 5.43 Å². The van der Waals surface area contributed by atoms with Crippen LogP contribution in [0.5, 0.6) is 0 Å². The van der Waals surface area contributed by atoms with Gasteiger partial charge in [0.25, 0.3) is 5.91 Å². The number of halogens is 1. The van der Waals surface area contributed by atoms with E-state index in [0.717, 1.165) is 22.0 Å². The SMILES string of the molecule is CC[C@H](Nc1cccc2ccccc12)C(=O)N/N=C\c1cccc(Cl)c1. The van der Waals surface area contributed by atoms with Crippen LogP contribution in [0.3, 0.4) is 0 Å². The van der Waals surface area contributed by atoms with Gasteiger partial charge in [-0.15, -0.1) is 0 Å². The molecule has 0 aliphatic rings. The van der Waals surface area contributed by atoms with Crippen LogP contribution in [0.1, 0.15) is 18.9 Å². The summed E-state index contributed by atoms with van der Waals surface area (Å²) >= 11 is 5.94. The summed E-state index contributed by atoms with van der Waals surface area (Å²) in [6, 6.07) is 21.0. The van der Waals surface area contributed by atoms with Gasteiger partial charge in [0, 0.05) is 16.1 Å². The van der Waals surface area contributed by atoms with Gasteiger partial charge in [0.1, 0.15) is 6.04 Å². The van der Waals surface area contributed by atoms with Crippen LogP contribution >= 0.6 is 11.6 Å². The van der Waals surface area contributed by atoms with Gasteiger partial charge in [-0.1, -0.05) is 67.1 Å². The Morgan fingerprint density at radius 3 is 2.69 bits per heavy atom. The number of hydrogen-bond donors (Lipinski definition) is 2. The van der Waals surface area contributed by atoms with E-state index in [1.807, 2.05) is 49.4 Å². The Bertz CT molecular complexity index is 934. The van der Waals surface area contributed by atoms with Crippen LogP contribution in [-0.2, 0) is 4.79 Å². The van der Waals surface area contributed by atoms with Crippen molar-refractivity contribution in [2.24, 2.45) is 5.10 Å². The highest BCUT2D eigenvalue weighted by molar-refractivity contribution is 6.30. The third kappa shape index (κ3) is 4.41. The Morgan fingerprint density at radius 1 is 1.12 bits per heavy atom. The van der Waals surface area contributed by atoms with Gasteiger partial charge in [0.2, 0.25) is 0 Å². The summed E-state index contributed by atoms with van der Waals surface area (Å²) in [7, 11) is 0. The van der Waals surface area contributed by atoms with E-state index < -0.39 is 0 Å². The number of carbonyl (C=O) groups excluding carboxylic acids is 1. The molecule has 132 valence electrons. The van der Waals surface area contributed by atoms with Crippen molar-refractivity contribution in [3.05, 3.63) is 77.3 Å². The second-order valence-corrected chi connectivity index (χ2v) is 6.36. The van der Waals surface area contributed by atoms with Crippen molar-refractivity contribution in [1.29, 1.82) is 0 Å². The largest absolute Gasteiger partial charge is 0.373 e. The van der Waals surface area contributed by atoms with E-state index in [2.05, 4.69) is 28.0 Å². The lowest BCUT2D eigenvalue weighted by molar-refractivity contribution is -0.121. The van der Waals surface area contributed by atoms with E-state index in [0.29, 0.717) is 11.4 Å². The topological polar surface area (TPSA) is 53.5 Å². The summed E-state index contributed by atoms with van der Waals surface area (Å²) in [6.45, 7) is 1.96. The molecule has 0 aliphatic carbocycles. The highest BCUT2D eigenvalue weighted by atomic mass is 35.5.